The molecule has 21 heavy (non-hydrogen) atoms. The molecule has 0 fully saturated rings. The Morgan fingerprint density at radius 3 is 2.86 bits per heavy atom. The summed E-state index contributed by atoms with van der Waals surface area (Å²) in [6.45, 7) is 2.19. The van der Waals surface area contributed by atoms with Gasteiger partial charge in [0.25, 0.3) is 0 Å². The van der Waals surface area contributed by atoms with Crippen molar-refractivity contribution in [1.29, 1.82) is 0 Å². The normalized spacial score (nSPS) is 12.7. The minimum atomic E-state index is 0.396. The quantitative estimate of drug-likeness (QED) is 0.626. The van der Waals surface area contributed by atoms with Crippen molar-refractivity contribution in [3.63, 3.8) is 0 Å². The van der Waals surface area contributed by atoms with Gasteiger partial charge < -0.3 is 5.32 Å². The van der Waals surface area contributed by atoms with Crippen molar-refractivity contribution in [2.24, 2.45) is 0 Å². The first kappa shape index (κ1) is 14.6. The fourth-order valence-electron chi connectivity index (χ4n) is 2.35. The summed E-state index contributed by atoms with van der Waals surface area (Å²) in [6.07, 6.45) is 0. The van der Waals surface area contributed by atoms with Crippen LogP contribution in [0.3, 0.4) is 0 Å². The number of hydrogen-bond donors (Lipinski definition) is 1. The molecule has 1 atom stereocenters. The monoisotopic (exact) mass is 313 g/mol. The van der Waals surface area contributed by atoms with Gasteiger partial charge in [-0.25, -0.2) is 0 Å². The van der Waals surface area contributed by atoms with E-state index in [2.05, 4.69) is 66.2 Å². The largest absolute Gasteiger partial charge is 0.313 e. The van der Waals surface area contributed by atoms with Gasteiger partial charge in [0.2, 0.25) is 0 Å². The molecule has 0 saturated heterocycles. The molecule has 3 aromatic rings. The Hall–Kier alpha value is -1.29. The van der Waals surface area contributed by atoms with Gasteiger partial charge in [0.05, 0.1) is 0 Å². The Kier molecular flexibility index (Phi) is 4.63. The Morgan fingerprint density at radius 1 is 1.14 bits per heavy atom. The summed E-state index contributed by atoms with van der Waals surface area (Å²) in [7, 11) is 2.00. The SMILES string of the molecule is CNC(C)c1cccc(SCc2csc3ccccc23)c1. The standard InChI is InChI=1S/C18H19NS2/c1-13(19-2)14-6-5-7-16(10-14)20-11-15-12-21-18-9-4-3-8-17(15)18/h3-10,12-13,19H,11H2,1-2H3. The number of thiophene rings is 1. The van der Waals surface area contributed by atoms with Crippen molar-refractivity contribution >= 4 is 33.2 Å². The van der Waals surface area contributed by atoms with Gasteiger partial charge in [0.1, 0.15) is 0 Å². The van der Waals surface area contributed by atoms with Crippen LogP contribution in [0.4, 0.5) is 0 Å². The molecule has 1 heterocycles. The van der Waals surface area contributed by atoms with Crippen molar-refractivity contribution in [3.05, 3.63) is 65.0 Å². The summed E-state index contributed by atoms with van der Waals surface area (Å²) < 4.78 is 1.38. The van der Waals surface area contributed by atoms with Gasteiger partial charge in [0, 0.05) is 21.4 Å². The van der Waals surface area contributed by atoms with Crippen molar-refractivity contribution in [2.75, 3.05) is 7.05 Å². The minimum absolute atomic E-state index is 0.396. The summed E-state index contributed by atoms with van der Waals surface area (Å²) in [5, 5.41) is 6.98. The second kappa shape index (κ2) is 6.65. The molecule has 108 valence electrons. The topological polar surface area (TPSA) is 12.0 Å². The molecule has 0 aliphatic rings. The van der Waals surface area contributed by atoms with Crippen molar-refractivity contribution < 1.29 is 0 Å². The highest BCUT2D eigenvalue weighted by Gasteiger charge is 2.06. The fraction of sp³-hybridized carbons (Fsp3) is 0.222. The first-order valence-corrected chi connectivity index (χ1v) is 8.99. The van der Waals surface area contributed by atoms with E-state index in [0.29, 0.717) is 6.04 Å². The Balaban J connectivity index is 1.76. The summed E-state index contributed by atoms with van der Waals surface area (Å²) in [5.74, 6) is 1.03. The highest BCUT2D eigenvalue weighted by molar-refractivity contribution is 7.98. The summed E-state index contributed by atoms with van der Waals surface area (Å²) in [6, 6.07) is 17.9. The third kappa shape index (κ3) is 3.31. The molecule has 1 N–H and O–H groups in total. The zero-order chi connectivity index (χ0) is 14.7. The molecule has 0 bridgehead atoms. The predicted octanol–water partition coefficient (Wildman–Crippen LogP) is 5.47. The maximum absolute atomic E-state index is 3.29. The van der Waals surface area contributed by atoms with E-state index < -0.39 is 0 Å². The van der Waals surface area contributed by atoms with E-state index in [1.807, 2.05) is 30.1 Å². The molecule has 1 aromatic heterocycles. The highest BCUT2D eigenvalue weighted by atomic mass is 32.2. The van der Waals surface area contributed by atoms with Gasteiger partial charge in [-0.2, -0.15) is 0 Å². The van der Waals surface area contributed by atoms with E-state index in [4.69, 9.17) is 0 Å². The van der Waals surface area contributed by atoms with Crippen LogP contribution < -0.4 is 5.32 Å². The molecule has 0 aliphatic carbocycles. The highest BCUT2D eigenvalue weighted by Crippen LogP contribution is 2.32. The lowest BCUT2D eigenvalue weighted by molar-refractivity contribution is 0.651. The zero-order valence-electron chi connectivity index (χ0n) is 12.3. The second-order valence-corrected chi connectivity index (χ2v) is 7.09. The maximum atomic E-state index is 3.29. The van der Waals surface area contributed by atoms with Crippen LogP contribution in [0, 0.1) is 0 Å². The van der Waals surface area contributed by atoms with Gasteiger partial charge in [-0.1, -0.05) is 30.3 Å². The summed E-state index contributed by atoms with van der Waals surface area (Å²) >= 11 is 3.75. The third-order valence-corrected chi connectivity index (χ3v) is 5.80. The first-order valence-electron chi connectivity index (χ1n) is 7.13. The predicted molar refractivity (Wildman–Crippen MR) is 95.3 cm³/mol. The van der Waals surface area contributed by atoms with E-state index in [1.54, 1.807) is 0 Å². The van der Waals surface area contributed by atoms with Gasteiger partial charge in [-0.05, 0) is 54.1 Å². The molecule has 3 rings (SSSR count). The number of hydrogen-bond acceptors (Lipinski definition) is 3. The Morgan fingerprint density at radius 2 is 2.00 bits per heavy atom. The van der Waals surface area contributed by atoms with Crippen molar-refractivity contribution in [3.8, 4) is 0 Å². The smallest absolute Gasteiger partial charge is 0.0345 e. The van der Waals surface area contributed by atoms with E-state index in [1.165, 1.54) is 26.1 Å². The number of rotatable bonds is 5. The van der Waals surface area contributed by atoms with Crippen LogP contribution >= 0.6 is 23.1 Å². The molecule has 1 unspecified atom stereocenters. The van der Waals surface area contributed by atoms with Crippen LogP contribution in [0.1, 0.15) is 24.1 Å². The Labute approximate surface area is 134 Å². The summed E-state index contributed by atoms with van der Waals surface area (Å²) in [4.78, 5) is 1.34. The minimum Gasteiger partial charge on any atom is -0.313 e. The van der Waals surface area contributed by atoms with Crippen LogP contribution in [0.2, 0.25) is 0 Å². The van der Waals surface area contributed by atoms with Gasteiger partial charge >= 0.3 is 0 Å². The van der Waals surface area contributed by atoms with Gasteiger partial charge in [-0.15, -0.1) is 23.1 Å². The van der Waals surface area contributed by atoms with Crippen LogP contribution in [0.15, 0.2) is 58.8 Å². The van der Waals surface area contributed by atoms with E-state index in [9.17, 15) is 0 Å². The maximum Gasteiger partial charge on any atom is 0.0345 e. The molecule has 0 spiro atoms. The Bertz CT molecular complexity index is 733. The molecular formula is C18H19NS2. The summed E-state index contributed by atoms with van der Waals surface area (Å²) in [5.41, 5.74) is 2.78. The molecule has 2 aromatic carbocycles. The molecule has 0 aliphatic heterocycles. The zero-order valence-corrected chi connectivity index (χ0v) is 13.9. The lowest BCUT2D eigenvalue weighted by Gasteiger charge is -2.11. The number of benzene rings is 2. The van der Waals surface area contributed by atoms with E-state index >= 15 is 0 Å². The van der Waals surface area contributed by atoms with Crippen LogP contribution in [-0.4, -0.2) is 7.05 Å². The molecular weight excluding hydrogens is 294 g/mol. The molecule has 0 radical (unpaired) electrons. The van der Waals surface area contributed by atoms with E-state index in [-0.39, 0.29) is 0 Å². The lowest BCUT2D eigenvalue weighted by Crippen LogP contribution is -2.11. The van der Waals surface area contributed by atoms with Gasteiger partial charge in [0.15, 0.2) is 0 Å². The van der Waals surface area contributed by atoms with Crippen LogP contribution in [-0.2, 0) is 5.75 Å². The van der Waals surface area contributed by atoms with Gasteiger partial charge in [-0.3, -0.25) is 0 Å². The third-order valence-electron chi connectivity index (χ3n) is 3.75. The number of fused-ring (bicyclic) bond motifs is 1. The number of thioether (sulfide) groups is 1. The second-order valence-electron chi connectivity index (χ2n) is 5.13. The molecule has 0 saturated carbocycles. The number of nitrogens with one attached hydrogen (secondary N) is 1. The van der Waals surface area contributed by atoms with Crippen molar-refractivity contribution in [2.45, 2.75) is 23.6 Å². The molecule has 3 heteroatoms. The lowest BCUT2D eigenvalue weighted by atomic mass is 10.1. The van der Waals surface area contributed by atoms with Crippen molar-refractivity contribution in [1.82, 2.24) is 5.32 Å². The average Bonchev–Trinajstić information content (AvgIpc) is 2.95. The van der Waals surface area contributed by atoms with Crippen LogP contribution in [0.5, 0.6) is 0 Å². The first-order chi connectivity index (χ1) is 10.3. The van der Waals surface area contributed by atoms with E-state index in [0.717, 1.165) is 5.75 Å². The molecule has 0 amide bonds. The fourth-order valence-corrected chi connectivity index (χ4v) is 4.37. The average molecular weight is 313 g/mol. The molecule has 1 nitrogen and oxygen atoms in total. The van der Waals surface area contributed by atoms with Crippen LogP contribution in [0.25, 0.3) is 10.1 Å².